The smallest absolute Gasteiger partial charge is 0.251 e. The van der Waals surface area contributed by atoms with Crippen LogP contribution in [0.1, 0.15) is 54.6 Å². The van der Waals surface area contributed by atoms with E-state index in [-0.39, 0.29) is 18.3 Å². The largest absolute Gasteiger partial charge is 0.349 e. The second-order valence-electron chi connectivity index (χ2n) is 6.67. The fourth-order valence-corrected chi connectivity index (χ4v) is 3.77. The van der Waals surface area contributed by atoms with Crippen LogP contribution in [0.3, 0.4) is 0 Å². The molecule has 2 unspecified atom stereocenters. The number of nitrogens with one attached hydrogen (secondary N) is 2. The van der Waals surface area contributed by atoms with E-state index in [0.717, 1.165) is 31.5 Å². The van der Waals surface area contributed by atoms with E-state index in [0.29, 0.717) is 17.9 Å². The van der Waals surface area contributed by atoms with Gasteiger partial charge in [-0.1, -0.05) is 19.9 Å². The van der Waals surface area contributed by atoms with E-state index in [9.17, 15) is 4.79 Å². The van der Waals surface area contributed by atoms with Crippen LogP contribution in [-0.4, -0.2) is 11.9 Å². The lowest BCUT2D eigenvalue weighted by Gasteiger charge is -2.32. The van der Waals surface area contributed by atoms with Crippen LogP contribution in [0.2, 0.25) is 0 Å². The van der Waals surface area contributed by atoms with Gasteiger partial charge in [0.1, 0.15) is 0 Å². The van der Waals surface area contributed by atoms with Gasteiger partial charge in [-0.3, -0.25) is 4.79 Å². The summed E-state index contributed by atoms with van der Waals surface area (Å²) >= 11 is 0. The molecule has 3 rings (SSSR count). The number of rotatable bonds is 2. The van der Waals surface area contributed by atoms with Crippen LogP contribution >= 0.6 is 12.4 Å². The summed E-state index contributed by atoms with van der Waals surface area (Å²) < 4.78 is 0. The molecule has 1 amide bonds. The Hall–Kier alpha value is -1.06. The third-order valence-electron chi connectivity index (χ3n) is 4.61. The number of amides is 1. The predicted molar refractivity (Wildman–Crippen MR) is 87.7 cm³/mol. The Bertz CT molecular complexity index is 508. The van der Waals surface area contributed by atoms with Crippen LogP contribution in [0.15, 0.2) is 18.2 Å². The molecule has 21 heavy (non-hydrogen) atoms. The van der Waals surface area contributed by atoms with Crippen LogP contribution < -0.4 is 10.6 Å². The van der Waals surface area contributed by atoms with E-state index in [1.165, 1.54) is 17.5 Å². The van der Waals surface area contributed by atoms with Gasteiger partial charge in [0.05, 0.1) is 0 Å². The zero-order valence-electron chi connectivity index (χ0n) is 12.8. The van der Waals surface area contributed by atoms with Crippen molar-refractivity contribution in [2.75, 3.05) is 0 Å². The minimum absolute atomic E-state index is 0. The first-order valence-electron chi connectivity index (χ1n) is 7.75. The highest BCUT2D eigenvalue weighted by Crippen LogP contribution is 2.28. The first-order chi connectivity index (χ1) is 9.61. The SMILES string of the molecule is CC1CC(C)CC(NC(=O)c2ccc3c(c2)CNC3)C1.Cl. The molecule has 4 heteroatoms. The van der Waals surface area contributed by atoms with Crippen molar-refractivity contribution in [1.82, 2.24) is 10.6 Å². The molecule has 1 heterocycles. The summed E-state index contributed by atoms with van der Waals surface area (Å²) in [6.45, 7) is 6.38. The molecule has 3 nitrogen and oxygen atoms in total. The number of carbonyl (C=O) groups excluding carboxylic acids is 1. The molecule has 0 aromatic heterocycles. The van der Waals surface area contributed by atoms with E-state index >= 15 is 0 Å². The summed E-state index contributed by atoms with van der Waals surface area (Å²) in [7, 11) is 0. The third-order valence-corrected chi connectivity index (χ3v) is 4.61. The molecule has 0 radical (unpaired) electrons. The number of halogens is 1. The maximum atomic E-state index is 12.4. The lowest BCUT2D eigenvalue weighted by Crippen LogP contribution is -2.40. The molecule has 1 aromatic carbocycles. The summed E-state index contributed by atoms with van der Waals surface area (Å²) in [5.41, 5.74) is 3.39. The molecule has 1 saturated carbocycles. The summed E-state index contributed by atoms with van der Waals surface area (Å²) in [5, 5.41) is 6.54. The van der Waals surface area contributed by atoms with Gasteiger partial charge >= 0.3 is 0 Å². The number of hydrogen-bond acceptors (Lipinski definition) is 2. The fraction of sp³-hybridized carbons (Fsp3) is 0.588. The number of fused-ring (bicyclic) bond motifs is 1. The van der Waals surface area contributed by atoms with Crippen molar-refractivity contribution in [3.63, 3.8) is 0 Å². The summed E-state index contributed by atoms with van der Waals surface area (Å²) in [6.07, 6.45) is 3.52. The maximum Gasteiger partial charge on any atom is 0.251 e. The summed E-state index contributed by atoms with van der Waals surface area (Å²) in [5.74, 6) is 1.52. The van der Waals surface area contributed by atoms with Crippen molar-refractivity contribution >= 4 is 18.3 Å². The zero-order valence-corrected chi connectivity index (χ0v) is 13.6. The standard InChI is InChI=1S/C17H24N2O.ClH/c1-11-5-12(2)7-16(6-11)19-17(20)13-3-4-14-9-18-10-15(14)8-13;/h3-4,8,11-12,16,18H,5-7,9-10H2,1-2H3,(H,19,20);1H. The minimum Gasteiger partial charge on any atom is -0.349 e. The Labute approximate surface area is 133 Å². The van der Waals surface area contributed by atoms with E-state index in [1.54, 1.807) is 0 Å². The molecule has 0 saturated heterocycles. The molecule has 0 bridgehead atoms. The van der Waals surface area contributed by atoms with Gasteiger partial charge in [0.2, 0.25) is 0 Å². The monoisotopic (exact) mass is 308 g/mol. The summed E-state index contributed by atoms with van der Waals surface area (Å²) in [6, 6.07) is 6.42. The maximum absolute atomic E-state index is 12.4. The second kappa shape index (κ2) is 6.80. The Morgan fingerprint density at radius 1 is 1.10 bits per heavy atom. The average Bonchev–Trinajstić information content (AvgIpc) is 2.84. The second-order valence-corrected chi connectivity index (χ2v) is 6.67. The molecule has 2 N–H and O–H groups in total. The van der Waals surface area contributed by atoms with Gasteiger partial charge in [0.15, 0.2) is 0 Å². The highest BCUT2D eigenvalue weighted by atomic mass is 35.5. The number of benzene rings is 1. The van der Waals surface area contributed by atoms with E-state index < -0.39 is 0 Å². The Morgan fingerprint density at radius 2 is 1.76 bits per heavy atom. The van der Waals surface area contributed by atoms with Gasteiger partial charge < -0.3 is 10.6 Å². The quantitative estimate of drug-likeness (QED) is 0.880. The molecule has 2 aliphatic rings. The predicted octanol–water partition coefficient (Wildman–Crippen LogP) is 3.27. The van der Waals surface area contributed by atoms with E-state index in [4.69, 9.17) is 0 Å². The van der Waals surface area contributed by atoms with Crippen molar-refractivity contribution in [2.24, 2.45) is 11.8 Å². The minimum atomic E-state index is 0. The molecule has 1 aromatic rings. The molecule has 2 atom stereocenters. The van der Waals surface area contributed by atoms with E-state index in [2.05, 4.69) is 30.5 Å². The van der Waals surface area contributed by atoms with Gasteiger partial charge in [0.25, 0.3) is 5.91 Å². The molecule has 116 valence electrons. The first-order valence-corrected chi connectivity index (χ1v) is 7.75. The Morgan fingerprint density at radius 3 is 2.48 bits per heavy atom. The lowest BCUT2D eigenvalue weighted by molar-refractivity contribution is 0.0911. The highest BCUT2D eigenvalue weighted by molar-refractivity contribution is 5.94. The molecule has 1 aliphatic carbocycles. The number of carbonyl (C=O) groups is 1. The van der Waals surface area contributed by atoms with E-state index in [1.807, 2.05) is 12.1 Å². The van der Waals surface area contributed by atoms with Crippen molar-refractivity contribution in [3.8, 4) is 0 Å². The van der Waals surface area contributed by atoms with Crippen molar-refractivity contribution in [1.29, 1.82) is 0 Å². The average molecular weight is 309 g/mol. The van der Waals surface area contributed by atoms with Gasteiger partial charge in [-0.15, -0.1) is 12.4 Å². The first kappa shape index (κ1) is 16.3. The highest BCUT2D eigenvalue weighted by Gasteiger charge is 2.25. The molecule has 0 spiro atoms. The van der Waals surface area contributed by atoms with Gasteiger partial charge in [-0.2, -0.15) is 0 Å². The molecular formula is C17H25ClN2O. The number of hydrogen-bond donors (Lipinski definition) is 2. The fourth-order valence-electron chi connectivity index (χ4n) is 3.77. The third kappa shape index (κ3) is 3.78. The van der Waals surface area contributed by atoms with Crippen LogP contribution in [0.4, 0.5) is 0 Å². The van der Waals surface area contributed by atoms with Crippen LogP contribution in [0.5, 0.6) is 0 Å². The topological polar surface area (TPSA) is 41.1 Å². The Kier molecular flexibility index (Phi) is 5.28. The van der Waals surface area contributed by atoms with Crippen LogP contribution in [-0.2, 0) is 13.1 Å². The normalized spacial score (nSPS) is 27.6. The molecule has 1 aliphatic heterocycles. The molecule has 1 fully saturated rings. The van der Waals surface area contributed by atoms with Gasteiger partial charge in [-0.05, 0) is 54.4 Å². The van der Waals surface area contributed by atoms with Crippen molar-refractivity contribution < 1.29 is 4.79 Å². The van der Waals surface area contributed by atoms with Crippen molar-refractivity contribution in [2.45, 2.75) is 52.2 Å². The Balaban J connectivity index is 0.00000161. The van der Waals surface area contributed by atoms with Crippen LogP contribution in [0.25, 0.3) is 0 Å². The lowest BCUT2D eigenvalue weighted by atomic mass is 9.80. The summed E-state index contributed by atoms with van der Waals surface area (Å²) in [4.78, 5) is 12.4. The van der Waals surface area contributed by atoms with Gasteiger partial charge in [-0.25, -0.2) is 0 Å². The molecular weight excluding hydrogens is 284 g/mol. The van der Waals surface area contributed by atoms with Gasteiger partial charge in [0, 0.05) is 24.7 Å². The van der Waals surface area contributed by atoms with Crippen molar-refractivity contribution in [3.05, 3.63) is 34.9 Å². The zero-order chi connectivity index (χ0) is 14.1. The van der Waals surface area contributed by atoms with Crippen LogP contribution in [0, 0.1) is 11.8 Å².